The molecule has 0 aromatic heterocycles. The van der Waals surface area contributed by atoms with Crippen LogP contribution in [0.1, 0.15) is 5.56 Å². The number of hydrogen-bond donors (Lipinski definition) is 1. The number of benzene rings is 1. The van der Waals surface area contributed by atoms with E-state index in [4.69, 9.17) is 4.74 Å². The monoisotopic (exact) mass is 276 g/mol. The topological polar surface area (TPSA) is 66.8 Å². The van der Waals surface area contributed by atoms with E-state index in [2.05, 4.69) is 0 Å². The maximum Gasteiger partial charge on any atom is 0.252 e. The second-order valence-corrected chi connectivity index (χ2v) is 4.80. The Kier molecular flexibility index (Phi) is 5.26. The largest absolute Gasteiger partial charge is 0.382 e. The molecular weight excluding hydrogens is 258 g/mol. The molecule has 1 N–H and O–H groups in total. The van der Waals surface area contributed by atoms with E-state index >= 15 is 0 Å². The number of amides is 1. The van der Waals surface area contributed by atoms with Gasteiger partial charge in [0.2, 0.25) is 6.29 Å². The summed E-state index contributed by atoms with van der Waals surface area (Å²) in [5.41, 5.74) is 0.898. The van der Waals surface area contributed by atoms with Gasteiger partial charge in [-0.15, -0.1) is 0 Å². The van der Waals surface area contributed by atoms with Crippen molar-refractivity contribution in [2.24, 2.45) is 5.92 Å². The Bertz CT molecular complexity index is 442. The zero-order valence-electron chi connectivity index (χ0n) is 11.2. The number of aliphatic hydroxyl groups excluding tert-OH is 1. The Labute approximate surface area is 118 Å². The molecule has 5 heteroatoms. The van der Waals surface area contributed by atoms with Gasteiger partial charge in [-0.3, -0.25) is 9.59 Å². The standard InChI is InChI=1S/C15H18NO4/c17-11-13(10-12-4-2-1-3-5-12)14(18)15(19)16-6-8-20-9-7-16/h1-5,13-14,18H,6-10H2. The summed E-state index contributed by atoms with van der Waals surface area (Å²) in [7, 11) is 0. The maximum absolute atomic E-state index is 12.1. The second-order valence-electron chi connectivity index (χ2n) is 4.80. The highest BCUT2D eigenvalue weighted by molar-refractivity contribution is 5.84. The molecule has 1 aliphatic rings. The number of rotatable bonds is 5. The molecule has 0 bridgehead atoms. The van der Waals surface area contributed by atoms with Gasteiger partial charge in [-0.2, -0.15) is 0 Å². The van der Waals surface area contributed by atoms with Gasteiger partial charge in [0.05, 0.1) is 19.1 Å². The predicted octanol–water partition coefficient (Wildman–Crippen LogP) is 0.175. The van der Waals surface area contributed by atoms with Crippen molar-refractivity contribution in [1.29, 1.82) is 0 Å². The number of carbonyl (C=O) groups excluding carboxylic acids is 2. The van der Waals surface area contributed by atoms with Gasteiger partial charge in [0, 0.05) is 13.1 Å². The molecule has 1 aromatic carbocycles. The van der Waals surface area contributed by atoms with E-state index in [1.165, 1.54) is 4.90 Å². The van der Waals surface area contributed by atoms with Gasteiger partial charge in [-0.05, 0) is 12.0 Å². The molecule has 1 heterocycles. The molecule has 5 nitrogen and oxygen atoms in total. The molecule has 0 aliphatic carbocycles. The Morgan fingerprint density at radius 1 is 1.30 bits per heavy atom. The summed E-state index contributed by atoms with van der Waals surface area (Å²) in [5, 5.41) is 10.1. The zero-order chi connectivity index (χ0) is 14.4. The minimum Gasteiger partial charge on any atom is -0.382 e. The van der Waals surface area contributed by atoms with E-state index in [-0.39, 0.29) is 0 Å². The Hall–Kier alpha value is -1.72. The third-order valence-electron chi connectivity index (χ3n) is 3.41. The molecule has 107 valence electrons. The van der Waals surface area contributed by atoms with Gasteiger partial charge in [-0.25, -0.2) is 0 Å². The second kappa shape index (κ2) is 7.17. The van der Waals surface area contributed by atoms with Crippen molar-refractivity contribution in [2.75, 3.05) is 26.3 Å². The lowest BCUT2D eigenvalue weighted by Crippen LogP contribution is -2.48. The maximum atomic E-state index is 12.1. The molecule has 1 aliphatic heterocycles. The molecule has 2 atom stereocenters. The third-order valence-corrected chi connectivity index (χ3v) is 3.41. The Balaban J connectivity index is 1.99. The van der Waals surface area contributed by atoms with Crippen molar-refractivity contribution in [3.63, 3.8) is 0 Å². The Morgan fingerprint density at radius 3 is 2.55 bits per heavy atom. The number of morpholine rings is 1. The molecule has 0 spiro atoms. The zero-order valence-corrected chi connectivity index (χ0v) is 11.2. The SMILES string of the molecule is O=[C]C(Cc1ccccc1)C(O)C(=O)N1CCOCC1. The van der Waals surface area contributed by atoms with Crippen LogP contribution in [0.5, 0.6) is 0 Å². The fraction of sp³-hybridized carbons (Fsp3) is 0.467. The minimum absolute atomic E-state index is 0.307. The van der Waals surface area contributed by atoms with E-state index in [9.17, 15) is 14.7 Å². The number of carbonyl (C=O) groups is 1. The fourth-order valence-corrected chi connectivity index (χ4v) is 2.23. The van der Waals surface area contributed by atoms with Crippen molar-refractivity contribution in [3.8, 4) is 0 Å². The summed E-state index contributed by atoms with van der Waals surface area (Å²) in [5.74, 6) is -1.26. The van der Waals surface area contributed by atoms with Gasteiger partial charge in [0.25, 0.3) is 5.91 Å². The van der Waals surface area contributed by atoms with Crippen molar-refractivity contribution in [3.05, 3.63) is 35.9 Å². The Morgan fingerprint density at radius 2 is 1.95 bits per heavy atom. The van der Waals surface area contributed by atoms with Crippen LogP contribution in [0.4, 0.5) is 0 Å². The minimum atomic E-state index is -1.34. The van der Waals surface area contributed by atoms with Crippen LogP contribution in [0.15, 0.2) is 30.3 Å². The summed E-state index contributed by atoms with van der Waals surface area (Å²) in [6.07, 6.45) is 0.757. The van der Waals surface area contributed by atoms with E-state index in [1.54, 1.807) is 6.29 Å². The van der Waals surface area contributed by atoms with Crippen LogP contribution in [0.25, 0.3) is 0 Å². The fourth-order valence-electron chi connectivity index (χ4n) is 2.23. The lowest BCUT2D eigenvalue weighted by Gasteiger charge is -2.30. The summed E-state index contributed by atoms with van der Waals surface area (Å²) in [4.78, 5) is 24.7. The first-order valence-corrected chi connectivity index (χ1v) is 6.68. The molecule has 1 fully saturated rings. The van der Waals surface area contributed by atoms with Crippen LogP contribution < -0.4 is 0 Å². The lowest BCUT2D eigenvalue weighted by molar-refractivity contribution is -0.145. The molecular formula is C15H18NO4. The average molecular weight is 276 g/mol. The van der Waals surface area contributed by atoms with E-state index in [0.717, 1.165) is 5.56 Å². The summed E-state index contributed by atoms with van der Waals surface area (Å²) in [6, 6.07) is 9.30. The van der Waals surface area contributed by atoms with Crippen LogP contribution in [0.2, 0.25) is 0 Å². The molecule has 0 saturated carbocycles. The third kappa shape index (κ3) is 3.65. The van der Waals surface area contributed by atoms with Crippen LogP contribution >= 0.6 is 0 Å². The van der Waals surface area contributed by atoms with Gasteiger partial charge in [0.15, 0.2) is 0 Å². The number of hydrogen-bond acceptors (Lipinski definition) is 4. The van der Waals surface area contributed by atoms with Crippen LogP contribution in [-0.2, 0) is 20.7 Å². The van der Waals surface area contributed by atoms with E-state index in [1.807, 2.05) is 30.3 Å². The van der Waals surface area contributed by atoms with Gasteiger partial charge < -0.3 is 14.7 Å². The predicted molar refractivity (Wildman–Crippen MR) is 72.7 cm³/mol. The van der Waals surface area contributed by atoms with Crippen molar-refractivity contribution in [1.82, 2.24) is 4.90 Å². The average Bonchev–Trinajstić information content (AvgIpc) is 2.53. The summed E-state index contributed by atoms with van der Waals surface area (Å²) < 4.78 is 5.16. The first kappa shape index (κ1) is 14.7. The summed E-state index contributed by atoms with van der Waals surface area (Å²) in [6.45, 7) is 1.83. The highest BCUT2D eigenvalue weighted by atomic mass is 16.5. The molecule has 1 amide bonds. The molecule has 2 rings (SSSR count). The van der Waals surface area contributed by atoms with Crippen molar-refractivity contribution >= 4 is 12.2 Å². The summed E-state index contributed by atoms with van der Waals surface area (Å²) >= 11 is 0. The lowest BCUT2D eigenvalue weighted by atomic mass is 9.94. The smallest absolute Gasteiger partial charge is 0.252 e. The molecule has 1 saturated heterocycles. The molecule has 20 heavy (non-hydrogen) atoms. The number of ether oxygens (including phenoxy) is 1. The molecule has 1 aromatic rings. The van der Waals surface area contributed by atoms with Gasteiger partial charge >= 0.3 is 0 Å². The van der Waals surface area contributed by atoms with Gasteiger partial charge in [0.1, 0.15) is 6.10 Å². The quantitative estimate of drug-likeness (QED) is 0.833. The highest BCUT2D eigenvalue weighted by Gasteiger charge is 2.31. The van der Waals surface area contributed by atoms with Crippen molar-refractivity contribution in [2.45, 2.75) is 12.5 Å². The van der Waals surface area contributed by atoms with E-state index in [0.29, 0.717) is 32.7 Å². The van der Waals surface area contributed by atoms with E-state index < -0.39 is 17.9 Å². The molecule has 2 unspecified atom stereocenters. The first-order chi connectivity index (χ1) is 9.72. The van der Waals surface area contributed by atoms with Crippen LogP contribution in [0.3, 0.4) is 0 Å². The van der Waals surface area contributed by atoms with Crippen LogP contribution in [0, 0.1) is 5.92 Å². The van der Waals surface area contributed by atoms with Crippen LogP contribution in [-0.4, -0.2) is 54.6 Å². The van der Waals surface area contributed by atoms with Gasteiger partial charge in [-0.1, -0.05) is 30.3 Å². The first-order valence-electron chi connectivity index (χ1n) is 6.68. The normalized spacial score (nSPS) is 18.4. The number of nitrogens with zero attached hydrogens (tertiary/aromatic N) is 1. The molecule has 1 radical (unpaired) electrons. The van der Waals surface area contributed by atoms with Crippen molar-refractivity contribution < 1.29 is 19.4 Å². The number of aliphatic hydroxyl groups is 1. The highest BCUT2D eigenvalue weighted by Crippen LogP contribution is 2.13.